The molecule has 0 aliphatic carbocycles. The van der Waals surface area contributed by atoms with Crippen LogP contribution >= 0.6 is 0 Å². The highest BCUT2D eigenvalue weighted by Gasteiger charge is 2.40. The second-order valence-corrected chi connectivity index (χ2v) is 5.36. The van der Waals surface area contributed by atoms with Gasteiger partial charge in [0.2, 0.25) is 5.91 Å². The average Bonchev–Trinajstić information content (AvgIpc) is 2.74. The summed E-state index contributed by atoms with van der Waals surface area (Å²) in [5.41, 5.74) is 0.352. The minimum Gasteiger partial charge on any atom is -0.396 e. The number of aliphatic hydroxyl groups excluding tert-OH is 1. The van der Waals surface area contributed by atoms with Crippen molar-refractivity contribution in [3.05, 3.63) is 0 Å². The van der Waals surface area contributed by atoms with Crippen molar-refractivity contribution in [1.82, 2.24) is 4.90 Å². The van der Waals surface area contributed by atoms with Crippen LogP contribution < -0.4 is 0 Å². The van der Waals surface area contributed by atoms with Crippen LogP contribution in [0.3, 0.4) is 0 Å². The Kier molecular flexibility index (Phi) is 4.40. The Balaban J connectivity index is 1.78. The smallest absolute Gasteiger partial charge is 0.222 e. The van der Waals surface area contributed by atoms with E-state index >= 15 is 0 Å². The summed E-state index contributed by atoms with van der Waals surface area (Å²) in [6.45, 7) is 3.74. The van der Waals surface area contributed by atoms with Crippen LogP contribution in [0.15, 0.2) is 0 Å². The van der Waals surface area contributed by atoms with Gasteiger partial charge in [-0.05, 0) is 37.5 Å². The first-order valence-corrected chi connectivity index (χ1v) is 6.72. The monoisotopic (exact) mass is 241 g/mol. The van der Waals surface area contributed by atoms with Crippen molar-refractivity contribution < 1.29 is 14.6 Å². The zero-order valence-electron chi connectivity index (χ0n) is 10.5. The molecule has 2 aliphatic rings. The highest BCUT2D eigenvalue weighted by atomic mass is 16.5. The maximum Gasteiger partial charge on any atom is 0.222 e. The summed E-state index contributed by atoms with van der Waals surface area (Å²) in [6, 6.07) is 0. The topological polar surface area (TPSA) is 49.8 Å². The minimum atomic E-state index is 0.189. The predicted octanol–water partition coefficient (Wildman–Crippen LogP) is 1.18. The Morgan fingerprint density at radius 2 is 2.00 bits per heavy atom. The molecule has 2 saturated heterocycles. The van der Waals surface area contributed by atoms with Gasteiger partial charge in [-0.1, -0.05) is 0 Å². The Labute approximate surface area is 103 Å². The third-order valence-electron chi connectivity index (χ3n) is 4.14. The molecule has 2 aliphatic heterocycles. The second kappa shape index (κ2) is 5.83. The maximum absolute atomic E-state index is 12.0. The van der Waals surface area contributed by atoms with E-state index in [4.69, 9.17) is 9.84 Å². The largest absolute Gasteiger partial charge is 0.396 e. The molecule has 0 atom stereocenters. The molecule has 0 radical (unpaired) electrons. The summed E-state index contributed by atoms with van der Waals surface area (Å²) in [5, 5.41) is 8.70. The van der Waals surface area contributed by atoms with Crippen LogP contribution in [0.4, 0.5) is 0 Å². The van der Waals surface area contributed by atoms with Gasteiger partial charge >= 0.3 is 0 Å². The van der Waals surface area contributed by atoms with E-state index in [9.17, 15) is 4.79 Å². The van der Waals surface area contributed by atoms with Crippen molar-refractivity contribution in [2.45, 2.75) is 38.5 Å². The molecule has 1 spiro atoms. The molecular weight excluding hydrogens is 218 g/mol. The predicted molar refractivity (Wildman–Crippen MR) is 64.6 cm³/mol. The molecule has 2 fully saturated rings. The lowest BCUT2D eigenvalue weighted by Gasteiger charge is -2.33. The summed E-state index contributed by atoms with van der Waals surface area (Å²) in [7, 11) is 0. The number of carbonyl (C=O) groups is 1. The molecule has 0 aromatic rings. The molecule has 0 unspecified atom stereocenters. The van der Waals surface area contributed by atoms with Crippen molar-refractivity contribution in [3.8, 4) is 0 Å². The Bertz CT molecular complexity index is 261. The van der Waals surface area contributed by atoms with Crippen LogP contribution in [0.5, 0.6) is 0 Å². The van der Waals surface area contributed by atoms with E-state index in [1.54, 1.807) is 0 Å². The van der Waals surface area contributed by atoms with Gasteiger partial charge in [0, 0.05) is 39.3 Å². The van der Waals surface area contributed by atoms with E-state index in [0.29, 0.717) is 11.8 Å². The van der Waals surface area contributed by atoms with E-state index < -0.39 is 0 Å². The first-order valence-electron chi connectivity index (χ1n) is 6.72. The molecule has 17 heavy (non-hydrogen) atoms. The van der Waals surface area contributed by atoms with Crippen LogP contribution in [0.2, 0.25) is 0 Å². The van der Waals surface area contributed by atoms with Gasteiger partial charge in [0.1, 0.15) is 0 Å². The number of ether oxygens (including phenoxy) is 1. The fourth-order valence-electron chi connectivity index (χ4n) is 2.91. The number of nitrogens with zero attached hydrogens (tertiary/aromatic N) is 1. The van der Waals surface area contributed by atoms with E-state index in [2.05, 4.69) is 0 Å². The lowest BCUT2D eigenvalue weighted by atomic mass is 9.80. The molecule has 2 heterocycles. The van der Waals surface area contributed by atoms with Crippen molar-refractivity contribution in [1.29, 1.82) is 0 Å². The normalized spacial score (nSPS) is 23.2. The Morgan fingerprint density at radius 1 is 1.24 bits per heavy atom. The van der Waals surface area contributed by atoms with Crippen LogP contribution in [0.25, 0.3) is 0 Å². The second-order valence-electron chi connectivity index (χ2n) is 5.36. The Morgan fingerprint density at radius 3 is 2.71 bits per heavy atom. The molecule has 4 nitrogen and oxygen atoms in total. The van der Waals surface area contributed by atoms with Gasteiger partial charge in [-0.15, -0.1) is 0 Å². The van der Waals surface area contributed by atoms with Crippen molar-refractivity contribution >= 4 is 5.91 Å². The van der Waals surface area contributed by atoms with Crippen LogP contribution in [-0.4, -0.2) is 48.8 Å². The number of hydrogen-bond donors (Lipinski definition) is 1. The van der Waals surface area contributed by atoms with E-state index in [1.807, 2.05) is 4.90 Å². The highest BCUT2D eigenvalue weighted by molar-refractivity contribution is 5.76. The van der Waals surface area contributed by atoms with Gasteiger partial charge in [0.15, 0.2) is 0 Å². The first-order chi connectivity index (χ1) is 8.26. The number of amides is 1. The van der Waals surface area contributed by atoms with Gasteiger partial charge < -0.3 is 14.7 Å². The van der Waals surface area contributed by atoms with Crippen LogP contribution in [0.1, 0.15) is 38.5 Å². The fourth-order valence-corrected chi connectivity index (χ4v) is 2.91. The number of unbranched alkanes of at least 4 members (excludes halogenated alkanes) is 1. The first kappa shape index (κ1) is 12.8. The number of likely N-dealkylation sites (tertiary alicyclic amines) is 1. The van der Waals surface area contributed by atoms with E-state index in [1.165, 1.54) is 0 Å². The molecule has 98 valence electrons. The zero-order valence-corrected chi connectivity index (χ0v) is 10.5. The van der Waals surface area contributed by atoms with Crippen LogP contribution in [0, 0.1) is 5.41 Å². The molecule has 1 N–H and O–H groups in total. The molecular formula is C13H23NO3. The summed E-state index contributed by atoms with van der Waals surface area (Å²) in [6.07, 6.45) is 5.48. The lowest BCUT2D eigenvalue weighted by molar-refractivity contribution is -0.131. The van der Waals surface area contributed by atoms with Gasteiger partial charge in [0.05, 0.1) is 0 Å². The zero-order chi connectivity index (χ0) is 12.1. The van der Waals surface area contributed by atoms with Crippen molar-refractivity contribution in [3.63, 3.8) is 0 Å². The Hall–Kier alpha value is -0.610. The van der Waals surface area contributed by atoms with E-state index in [-0.39, 0.29) is 12.5 Å². The molecule has 0 saturated carbocycles. The number of rotatable bonds is 4. The third kappa shape index (κ3) is 3.19. The quantitative estimate of drug-likeness (QED) is 0.752. The summed E-state index contributed by atoms with van der Waals surface area (Å²) >= 11 is 0. The van der Waals surface area contributed by atoms with Gasteiger partial charge in [-0.25, -0.2) is 0 Å². The molecule has 4 heteroatoms. The lowest BCUT2D eigenvalue weighted by Crippen LogP contribution is -2.35. The standard InChI is InChI=1S/C13H23NO3/c15-8-2-1-3-12(16)14-7-4-13(11-14)5-9-17-10-6-13/h15H,1-11H2. The summed E-state index contributed by atoms with van der Waals surface area (Å²) in [5.74, 6) is 0.266. The summed E-state index contributed by atoms with van der Waals surface area (Å²) in [4.78, 5) is 14.0. The number of carbonyl (C=O) groups excluding carboxylic acids is 1. The summed E-state index contributed by atoms with van der Waals surface area (Å²) < 4.78 is 5.40. The average molecular weight is 241 g/mol. The molecule has 2 rings (SSSR count). The van der Waals surface area contributed by atoms with Gasteiger partial charge in [0.25, 0.3) is 0 Å². The van der Waals surface area contributed by atoms with Crippen molar-refractivity contribution in [2.24, 2.45) is 5.41 Å². The molecule has 0 bridgehead atoms. The minimum absolute atomic E-state index is 0.189. The SMILES string of the molecule is O=C(CCCCO)N1CCC2(CCOCC2)C1. The maximum atomic E-state index is 12.0. The third-order valence-corrected chi connectivity index (χ3v) is 4.14. The number of hydrogen-bond acceptors (Lipinski definition) is 3. The molecule has 0 aromatic heterocycles. The van der Waals surface area contributed by atoms with Gasteiger partial charge in [-0.2, -0.15) is 0 Å². The highest BCUT2D eigenvalue weighted by Crippen LogP contribution is 2.39. The van der Waals surface area contributed by atoms with Crippen molar-refractivity contribution in [2.75, 3.05) is 32.9 Å². The number of aliphatic hydroxyl groups is 1. The molecule has 0 aromatic carbocycles. The van der Waals surface area contributed by atoms with Crippen LogP contribution in [-0.2, 0) is 9.53 Å². The molecule has 1 amide bonds. The fraction of sp³-hybridized carbons (Fsp3) is 0.923. The van der Waals surface area contributed by atoms with E-state index in [0.717, 1.165) is 58.4 Å². The van der Waals surface area contributed by atoms with Gasteiger partial charge in [-0.3, -0.25) is 4.79 Å².